The minimum atomic E-state index is 0.282. The third kappa shape index (κ3) is 4.09. The third-order valence-electron chi connectivity index (χ3n) is 6.36. The van der Waals surface area contributed by atoms with Gasteiger partial charge < -0.3 is 4.57 Å². The fraction of sp³-hybridized carbons (Fsp3) is 0.435. The molecule has 2 fully saturated rings. The summed E-state index contributed by atoms with van der Waals surface area (Å²) in [6.45, 7) is 5.32. The molecule has 0 amide bonds. The summed E-state index contributed by atoms with van der Waals surface area (Å²) in [4.78, 5) is 18.5. The lowest BCUT2D eigenvalue weighted by molar-refractivity contribution is 0.122. The van der Waals surface area contributed by atoms with E-state index in [1.165, 1.54) is 17.8 Å². The first-order chi connectivity index (χ1) is 14.4. The van der Waals surface area contributed by atoms with Crippen LogP contribution in [0.15, 0.2) is 61.3 Å². The molecule has 6 heteroatoms. The Bertz CT molecular complexity index is 882. The molecule has 3 unspecified atom stereocenters. The summed E-state index contributed by atoms with van der Waals surface area (Å²) in [5.41, 5.74) is 2.43. The Morgan fingerprint density at radius 1 is 0.931 bits per heavy atom. The van der Waals surface area contributed by atoms with Crippen LogP contribution in [0.1, 0.15) is 42.2 Å². The molecule has 5 heterocycles. The van der Waals surface area contributed by atoms with Gasteiger partial charge in [0.2, 0.25) is 0 Å². The van der Waals surface area contributed by atoms with Crippen LogP contribution in [0.2, 0.25) is 0 Å². The highest BCUT2D eigenvalue weighted by Crippen LogP contribution is 2.32. The smallest absolute Gasteiger partial charge is 0.108 e. The molecule has 5 rings (SSSR count). The minimum Gasteiger partial charge on any atom is -0.319 e. The van der Waals surface area contributed by atoms with E-state index in [2.05, 4.69) is 59.8 Å². The van der Waals surface area contributed by atoms with E-state index < -0.39 is 0 Å². The first-order valence-electron chi connectivity index (χ1n) is 10.5. The van der Waals surface area contributed by atoms with Crippen molar-refractivity contribution in [2.75, 3.05) is 32.7 Å². The number of nitrogens with zero attached hydrogens (tertiary/aromatic N) is 6. The highest BCUT2D eigenvalue weighted by atomic mass is 15.3. The van der Waals surface area contributed by atoms with E-state index in [4.69, 9.17) is 0 Å². The molecule has 0 saturated carbocycles. The van der Waals surface area contributed by atoms with Crippen molar-refractivity contribution in [2.45, 2.75) is 30.8 Å². The summed E-state index contributed by atoms with van der Waals surface area (Å²) in [7, 11) is 0. The molecule has 2 saturated heterocycles. The highest BCUT2D eigenvalue weighted by Gasteiger charge is 2.33. The molecule has 0 spiro atoms. The van der Waals surface area contributed by atoms with Gasteiger partial charge in [0.05, 0.1) is 6.33 Å². The van der Waals surface area contributed by atoms with Crippen molar-refractivity contribution >= 4 is 0 Å². The molecular formula is C23H27N6. The molecule has 0 aliphatic carbocycles. The Kier molecular flexibility index (Phi) is 5.37. The first kappa shape index (κ1) is 18.5. The summed E-state index contributed by atoms with van der Waals surface area (Å²) in [5, 5.41) is 0. The summed E-state index contributed by atoms with van der Waals surface area (Å²) < 4.78 is 2.22. The van der Waals surface area contributed by atoms with Crippen molar-refractivity contribution < 1.29 is 0 Å². The van der Waals surface area contributed by atoms with Crippen molar-refractivity contribution in [3.05, 3.63) is 78.9 Å². The molecule has 3 aromatic heterocycles. The molecule has 0 N–H and O–H groups in total. The number of aromatic nitrogens is 4. The van der Waals surface area contributed by atoms with Crippen molar-refractivity contribution in [1.29, 1.82) is 0 Å². The molecule has 0 aromatic carbocycles. The Balaban J connectivity index is 1.28. The van der Waals surface area contributed by atoms with Crippen LogP contribution < -0.4 is 0 Å². The SMILES string of the molecule is [c]1cn(C(CN2CCC(c3ccccn3)C2)N2CCC(c3ccccn3)C2)cn1. The van der Waals surface area contributed by atoms with Crippen LogP contribution in [-0.2, 0) is 0 Å². The second kappa shape index (κ2) is 8.43. The summed E-state index contributed by atoms with van der Waals surface area (Å²) in [5.74, 6) is 1.04. The molecule has 6 nitrogen and oxygen atoms in total. The second-order valence-corrected chi connectivity index (χ2v) is 8.17. The van der Waals surface area contributed by atoms with Gasteiger partial charge in [-0.2, -0.15) is 0 Å². The lowest BCUT2D eigenvalue weighted by Gasteiger charge is -2.32. The van der Waals surface area contributed by atoms with Gasteiger partial charge in [-0.15, -0.1) is 0 Å². The Morgan fingerprint density at radius 2 is 1.66 bits per heavy atom. The van der Waals surface area contributed by atoms with E-state index in [1.54, 1.807) is 0 Å². The van der Waals surface area contributed by atoms with Gasteiger partial charge in [-0.25, -0.2) is 4.98 Å². The minimum absolute atomic E-state index is 0.282. The predicted molar refractivity (Wildman–Crippen MR) is 111 cm³/mol. The van der Waals surface area contributed by atoms with E-state index in [-0.39, 0.29) is 6.17 Å². The van der Waals surface area contributed by atoms with E-state index in [9.17, 15) is 0 Å². The van der Waals surface area contributed by atoms with Gasteiger partial charge in [0.15, 0.2) is 0 Å². The van der Waals surface area contributed by atoms with Crippen LogP contribution in [0.3, 0.4) is 0 Å². The molecule has 3 aromatic rings. The maximum atomic E-state index is 4.59. The average Bonchev–Trinajstić information content (AvgIpc) is 3.55. The Labute approximate surface area is 172 Å². The van der Waals surface area contributed by atoms with Crippen molar-refractivity contribution in [3.63, 3.8) is 0 Å². The summed E-state index contributed by atoms with van der Waals surface area (Å²) >= 11 is 0. The topological polar surface area (TPSA) is 50.1 Å². The van der Waals surface area contributed by atoms with Crippen molar-refractivity contribution in [3.8, 4) is 0 Å². The normalized spacial score (nSPS) is 24.1. The molecule has 29 heavy (non-hydrogen) atoms. The largest absolute Gasteiger partial charge is 0.319 e. The van der Waals surface area contributed by atoms with Gasteiger partial charge in [-0.1, -0.05) is 12.1 Å². The Hall–Kier alpha value is -2.57. The second-order valence-electron chi connectivity index (χ2n) is 8.17. The zero-order chi connectivity index (χ0) is 19.5. The summed E-state index contributed by atoms with van der Waals surface area (Å²) in [6.07, 6.45) is 13.3. The molecule has 2 aliphatic heterocycles. The number of rotatable bonds is 6. The third-order valence-corrected chi connectivity index (χ3v) is 6.36. The van der Waals surface area contributed by atoms with Crippen molar-refractivity contribution in [2.24, 2.45) is 0 Å². The lowest BCUT2D eigenvalue weighted by Crippen LogP contribution is -2.39. The van der Waals surface area contributed by atoms with Gasteiger partial charge in [-0.3, -0.25) is 19.8 Å². The molecule has 0 bridgehead atoms. The van der Waals surface area contributed by atoms with Crippen LogP contribution in [0.4, 0.5) is 0 Å². The van der Waals surface area contributed by atoms with Crippen LogP contribution in [0, 0.1) is 6.20 Å². The molecular weight excluding hydrogens is 360 g/mol. The molecule has 2 aliphatic rings. The number of imidazole rings is 1. The first-order valence-corrected chi connectivity index (χ1v) is 10.5. The van der Waals surface area contributed by atoms with Crippen molar-refractivity contribution in [1.82, 2.24) is 29.3 Å². The summed E-state index contributed by atoms with van der Waals surface area (Å²) in [6, 6.07) is 12.5. The van der Waals surface area contributed by atoms with Crippen LogP contribution in [0.5, 0.6) is 0 Å². The van der Waals surface area contributed by atoms with Crippen LogP contribution in [0.25, 0.3) is 0 Å². The highest BCUT2D eigenvalue weighted by molar-refractivity contribution is 5.13. The van der Waals surface area contributed by atoms with Gasteiger partial charge in [0.1, 0.15) is 12.4 Å². The van der Waals surface area contributed by atoms with E-state index >= 15 is 0 Å². The van der Waals surface area contributed by atoms with Gasteiger partial charge in [-0.05, 0) is 43.7 Å². The standard InChI is InChI=1S/C23H27N6/c1-3-9-25-21(5-1)19-7-12-27(15-19)17-23(29-14-11-24-18-29)28-13-8-20(16-28)22-6-2-4-10-26-22/h1-6,9-10,14,18-20,23H,7-8,12-13,15-17H2. The number of pyridine rings is 2. The van der Waals surface area contributed by atoms with E-state index in [0.29, 0.717) is 11.8 Å². The average molecular weight is 388 g/mol. The maximum Gasteiger partial charge on any atom is 0.108 e. The predicted octanol–water partition coefficient (Wildman–Crippen LogP) is 2.95. The van der Waals surface area contributed by atoms with Gasteiger partial charge in [0, 0.05) is 68.0 Å². The van der Waals surface area contributed by atoms with Crippen LogP contribution >= 0.6 is 0 Å². The van der Waals surface area contributed by atoms with Gasteiger partial charge >= 0.3 is 0 Å². The maximum absolute atomic E-state index is 4.59. The molecule has 149 valence electrons. The number of likely N-dealkylation sites (tertiary alicyclic amines) is 2. The lowest BCUT2D eigenvalue weighted by atomic mass is 10.0. The van der Waals surface area contributed by atoms with E-state index in [1.807, 2.05) is 37.1 Å². The zero-order valence-electron chi connectivity index (χ0n) is 16.6. The number of hydrogen-bond acceptors (Lipinski definition) is 5. The quantitative estimate of drug-likeness (QED) is 0.651. The van der Waals surface area contributed by atoms with E-state index in [0.717, 1.165) is 39.1 Å². The fourth-order valence-electron chi connectivity index (χ4n) is 4.80. The number of hydrogen-bond donors (Lipinski definition) is 0. The molecule has 1 radical (unpaired) electrons. The van der Waals surface area contributed by atoms with Crippen LogP contribution in [-0.4, -0.2) is 62.0 Å². The van der Waals surface area contributed by atoms with Gasteiger partial charge in [0.25, 0.3) is 0 Å². The Morgan fingerprint density at radius 3 is 2.31 bits per heavy atom. The molecule has 3 atom stereocenters. The monoisotopic (exact) mass is 387 g/mol. The zero-order valence-corrected chi connectivity index (χ0v) is 16.6. The fourth-order valence-corrected chi connectivity index (χ4v) is 4.80.